The van der Waals surface area contributed by atoms with Crippen molar-refractivity contribution < 1.29 is 0 Å². The smallest absolute Gasteiger partial charge is 0.138 e. The Labute approximate surface area is 92.1 Å². The van der Waals surface area contributed by atoms with Gasteiger partial charge in [-0.3, -0.25) is 4.68 Å². The van der Waals surface area contributed by atoms with E-state index in [2.05, 4.69) is 29.2 Å². The second-order valence-corrected chi connectivity index (χ2v) is 4.35. The quantitative estimate of drug-likeness (QED) is 0.691. The normalized spacial score (nSPS) is 11.2. The summed E-state index contributed by atoms with van der Waals surface area (Å²) in [5.41, 5.74) is 0. The number of hydrogen-bond acceptors (Lipinski definition) is 3. The summed E-state index contributed by atoms with van der Waals surface area (Å²) in [4.78, 5) is 4.19. The Morgan fingerprint density at radius 1 is 1.40 bits per heavy atom. The summed E-state index contributed by atoms with van der Waals surface area (Å²) in [6.07, 6.45) is 5.03. The lowest BCUT2D eigenvalue weighted by Gasteiger charge is -2.06. The second-order valence-electron chi connectivity index (χ2n) is 4.35. The molecule has 4 heteroatoms. The fraction of sp³-hybridized carbons (Fsp3) is 0.818. The summed E-state index contributed by atoms with van der Waals surface area (Å²) in [6.45, 7) is 6.68. The van der Waals surface area contributed by atoms with E-state index < -0.39 is 0 Å². The Balaban J connectivity index is 2.00. The highest BCUT2D eigenvalue weighted by Crippen LogP contribution is 1.99. The average Bonchev–Trinajstić information content (AvgIpc) is 2.57. The van der Waals surface area contributed by atoms with Crippen LogP contribution >= 0.6 is 0 Å². The molecule has 0 atom stereocenters. The Morgan fingerprint density at radius 3 is 2.80 bits per heavy atom. The Kier molecular flexibility index (Phi) is 5.32. The molecule has 1 aromatic rings. The zero-order valence-corrected chi connectivity index (χ0v) is 10.0. The number of nitrogens with one attached hydrogen (secondary N) is 1. The molecule has 4 nitrogen and oxygen atoms in total. The van der Waals surface area contributed by atoms with Crippen molar-refractivity contribution in [2.75, 3.05) is 13.1 Å². The molecule has 0 aromatic carbocycles. The van der Waals surface area contributed by atoms with Crippen LogP contribution in [0.1, 0.15) is 32.5 Å². The highest BCUT2D eigenvalue weighted by atomic mass is 15.3. The van der Waals surface area contributed by atoms with E-state index in [4.69, 9.17) is 0 Å². The molecule has 1 heterocycles. The fourth-order valence-corrected chi connectivity index (χ4v) is 1.47. The van der Waals surface area contributed by atoms with E-state index >= 15 is 0 Å². The van der Waals surface area contributed by atoms with E-state index in [9.17, 15) is 0 Å². The molecular formula is C11H22N4. The molecule has 0 saturated carbocycles. The summed E-state index contributed by atoms with van der Waals surface area (Å²) in [7, 11) is 1.94. The molecule has 0 amide bonds. The van der Waals surface area contributed by atoms with Crippen molar-refractivity contribution in [3.8, 4) is 0 Å². The standard InChI is InChI=1S/C11H22N4/c1-10(2)8-12-7-5-4-6-11-13-9-14-15(11)3/h9-10,12H,4-8H2,1-3H3. The van der Waals surface area contributed by atoms with E-state index in [1.54, 1.807) is 6.33 Å². The molecule has 1 N–H and O–H groups in total. The van der Waals surface area contributed by atoms with Crippen LogP contribution in [0.3, 0.4) is 0 Å². The minimum atomic E-state index is 0.740. The maximum absolute atomic E-state index is 4.19. The van der Waals surface area contributed by atoms with E-state index in [1.165, 1.54) is 12.8 Å². The molecule has 0 radical (unpaired) electrons. The first-order valence-electron chi connectivity index (χ1n) is 5.73. The second kappa shape index (κ2) is 6.56. The number of rotatable bonds is 7. The van der Waals surface area contributed by atoms with Crippen molar-refractivity contribution in [2.24, 2.45) is 13.0 Å². The molecular weight excluding hydrogens is 188 g/mol. The maximum Gasteiger partial charge on any atom is 0.138 e. The number of hydrogen-bond donors (Lipinski definition) is 1. The van der Waals surface area contributed by atoms with Crippen LogP contribution in [0.5, 0.6) is 0 Å². The van der Waals surface area contributed by atoms with E-state index in [-0.39, 0.29) is 0 Å². The van der Waals surface area contributed by atoms with Gasteiger partial charge in [-0.25, -0.2) is 4.98 Å². The third-order valence-electron chi connectivity index (χ3n) is 2.36. The summed E-state index contributed by atoms with van der Waals surface area (Å²) >= 11 is 0. The summed E-state index contributed by atoms with van der Waals surface area (Å²) in [5, 5.41) is 7.48. The summed E-state index contributed by atoms with van der Waals surface area (Å²) < 4.78 is 1.85. The summed E-state index contributed by atoms with van der Waals surface area (Å²) in [6, 6.07) is 0. The third kappa shape index (κ3) is 4.93. The predicted molar refractivity (Wildman–Crippen MR) is 61.6 cm³/mol. The third-order valence-corrected chi connectivity index (χ3v) is 2.36. The first-order valence-corrected chi connectivity index (χ1v) is 5.73. The number of aryl methyl sites for hydroxylation is 2. The number of nitrogens with zero attached hydrogens (tertiary/aromatic N) is 3. The van der Waals surface area contributed by atoms with Gasteiger partial charge in [0.2, 0.25) is 0 Å². The van der Waals surface area contributed by atoms with Crippen LogP contribution in [-0.4, -0.2) is 27.9 Å². The summed E-state index contributed by atoms with van der Waals surface area (Å²) in [5.74, 6) is 1.82. The van der Waals surface area contributed by atoms with Crippen LogP contribution in [0.4, 0.5) is 0 Å². The Hall–Kier alpha value is -0.900. The van der Waals surface area contributed by atoms with Crippen molar-refractivity contribution in [1.82, 2.24) is 20.1 Å². The molecule has 0 bridgehead atoms. The van der Waals surface area contributed by atoms with Crippen molar-refractivity contribution in [3.63, 3.8) is 0 Å². The zero-order chi connectivity index (χ0) is 11.1. The van der Waals surface area contributed by atoms with Crippen molar-refractivity contribution in [3.05, 3.63) is 12.2 Å². The van der Waals surface area contributed by atoms with Gasteiger partial charge in [-0.15, -0.1) is 0 Å². The van der Waals surface area contributed by atoms with E-state index in [1.807, 2.05) is 11.7 Å². The minimum Gasteiger partial charge on any atom is -0.316 e. The molecule has 0 fully saturated rings. The van der Waals surface area contributed by atoms with Crippen LogP contribution in [0.2, 0.25) is 0 Å². The Bertz CT molecular complexity index is 267. The molecule has 1 rings (SSSR count). The highest BCUT2D eigenvalue weighted by molar-refractivity contribution is 4.82. The average molecular weight is 210 g/mol. The monoisotopic (exact) mass is 210 g/mol. The van der Waals surface area contributed by atoms with Crippen LogP contribution in [-0.2, 0) is 13.5 Å². The van der Waals surface area contributed by atoms with Gasteiger partial charge in [0.15, 0.2) is 0 Å². The number of aromatic nitrogens is 3. The minimum absolute atomic E-state index is 0.740. The SMILES string of the molecule is CC(C)CNCCCCc1ncnn1C. The van der Waals surface area contributed by atoms with Crippen LogP contribution in [0.25, 0.3) is 0 Å². The van der Waals surface area contributed by atoms with Gasteiger partial charge in [-0.2, -0.15) is 5.10 Å². The molecule has 0 spiro atoms. The van der Waals surface area contributed by atoms with Gasteiger partial charge in [-0.1, -0.05) is 13.8 Å². The first-order chi connectivity index (χ1) is 7.20. The lowest BCUT2D eigenvalue weighted by atomic mass is 10.2. The maximum atomic E-state index is 4.19. The zero-order valence-electron chi connectivity index (χ0n) is 10.0. The van der Waals surface area contributed by atoms with Gasteiger partial charge in [0, 0.05) is 13.5 Å². The molecule has 1 aromatic heterocycles. The molecule has 86 valence electrons. The van der Waals surface area contributed by atoms with Gasteiger partial charge in [-0.05, 0) is 31.8 Å². The molecule has 0 unspecified atom stereocenters. The Morgan fingerprint density at radius 2 is 2.20 bits per heavy atom. The molecule has 0 aliphatic heterocycles. The molecule has 0 aliphatic carbocycles. The van der Waals surface area contributed by atoms with Gasteiger partial charge >= 0.3 is 0 Å². The van der Waals surface area contributed by atoms with Gasteiger partial charge in [0.25, 0.3) is 0 Å². The van der Waals surface area contributed by atoms with Crippen LogP contribution in [0.15, 0.2) is 6.33 Å². The van der Waals surface area contributed by atoms with Gasteiger partial charge < -0.3 is 5.32 Å². The first kappa shape index (κ1) is 12.2. The molecule has 15 heavy (non-hydrogen) atoms. The highest BCUT2D eigenvalue weighted by Gasteiger charge is 1.99. The van der Waals surface area contributed by atoms with Crippen LogP contribution < -0.4 is 5.32 Å². The fourth-order valence-electron chi connectivity index (χ4n) is 1.47. The molecule has 0 aliphatic rings. The lowest BCUT2D eigenvalue weighted by Crippen LogP contribution is -2.20. The van der Waals surface area contributed by atoms with Crippen molar-refractivity contribution in [2.45, 2.75) is 33.1 Å². The van der Waals surface area contributed by atoms with E-state index in [0.29, 0.717) is 0 Å². The van der Waals surface area contributed by atoms with Gasteiger partial charge in [0.05, 0.1) is 0 Å². The van der Waals surface area contributed by atoms with Crippen LogP contribution in [0, 0.1) is 5.92 Å². The van der Waals surface area contributed by atoms with E-state index in [0.717, 1.165) is 31.3 Å². The van der Waals surface area contributed by atoms with Crippen molar-refractivity contribution in [1.29, 1.82) is 0 Å². The number of unbranched alkanes of at least 4 members (excludes halogenated alkanes) is 1. The lowest BCUT2D eigenvalue weighted by molar-refractivity contribution is 0.531. The predicted octanol–water partition coefficient (Wildman–Crippen LogP) is 1.38. The van der Waals surface area contributed by atoms with Gasteiger partial charge in [0.1, 0.15) is 12.2 Å². The molecule has 0 saturated heterocycles. The van der Waals surface area contributed by atoms with Crippen molar-refractivity contribution >= 4 is 0 Å². The topological polar surface area (TPSA) is 42.7 Å². The largest absolute Gasteiger partial charge is 0.316 e.